The Kier molecular flexibility index (Phi) is 6.12. The molecule has 6 nitrogen and oxygen atoms in total. The highest BCUT2D eigenvalue weighted by Crippen LogP contribution is 2.33. The highest BCUT2D eigenvalue weighted by Gasteiger charge is 2.17. The molecular weight excluding hydrogens is 454 g/mol. The molecule has 5 rings (SSSR count). The van der Waals surface area contributed by atoms with Crippen LogP contribution in [0.25, 0.3) is 28.1 Å². The average Bonchev–Trinajstić information content (AvgIpc) is 3.34. The highest BCUT2D eigenvalue weighted by molar-refractivity contribution is 7.11. The van der Waals surface area contributed by atoms with E-state index in [1.165, 1.54) is 18.3 Å². The Balaban J connectivity index is 1.81. The lowest BCUT2D eigenvalue weighted by Gasteiger charge is -2.10. The molecule has 0 aliphatic heterocycles. The van der Waals surface area contributed by atoms with E-state index in [4.69, 9.17) is 9.98 Å². The molecule has 0 aliphatic carbocycles. The van der Waals surface area contributed by atoms with E-state index < -0.39 is 0 Å². The van der Waals surface area contributed by atoms with Crippen LogP contribution in [0, 0.1) is 11.3 Å². The van der Waals surface area contributed by atoms with Gasteiger partial charge in [-0.15, -0.1) is 0 Å². The Bertz CT molecular complexity index is 1620. The Morgan fingerprint density at radius 1 is 0.914 bits per heavy atom. The van der Waals surface area contributed by atoms with Crippen molar-refractivity contribution in [3.05, 3.63) is 112 Å². The molecule has 0 atom stereocenters. The smallest absolute Gasteiger partial charge is 0.215 e. The standard InChI is InChI=1S/C28H19N5OS/c1-19(34)27-32-33(22-15-9-4-10-16-22)28(35-27)31-26-24(18-29)23(20-11-5-2-6-12-20)17-25(30-26)21-13-7-3-8-14-21/h2-17H,1H3/b31-28-. The fourth-order valence-electron chi connectivity index (χ4n) is 3.65. The molecule has 0 saturated heterocycles. The van der Waals surface area contributed by atoms with E-state index in [1.54, 1.807) is 4.68 Å². The summed E-state index contributed by atoms with van der Waals surface area (Å²) < 4.78 is 1.61. The molecule has 0 saturated carbocycles. The van der Waals surface area contributed by atoms with E-state index in [0.29, 0.717) is 21.1 Å². The number of nitrogens with zero attached hydrogens (tertiary/aromatic N) is 5. The summed E-state index contributed by atoms with van der Waals surface area (Å²) in [4.78, 5) is 22.1. The molecule has 0 unspecified atom stereocenters. The number of carbonyl (C=O) groups is 1. The number of benzene rings is 3. The fourth-order valence-corrected chi connectivity index (χ4v) is 4.45. The fraction of sp³-hybridized carbons (Fsp3) is 0.0357. The summed E-state index contributed by atoms with van der Waals surface area (Å²) in [6, 6.07) is 33.2. The second kappa shape index (κ2) is 9.67. The Morgan fingerprint density at radius 3 is 2.11 bits per heavy atom. The first-order valence-electron chi connectivity index (χ1n) is 10.9. The zero-order valence-electron chi connectivity index (χ0n) is 18.8. The van der Waals surface area contributed by atoms with E-state index in [2.05, 4.69) is 11.2 Å². The van der Waals surface area contributed by atoms with Crippen LogP contribution in [0.3, 0.4) is 0 Å². The minimum Gasteiger partial charge on any atom is -0.292 e. The van der Waals surface area contributed by atoms with Crippen molar-refractivity contribution in [3.63, 3.8) is 0 Å². The first-order chi connectivity index (χ1) is 17.1. The predicted molar refractivity (Wildman–Crippen MR) is 136 cm³/mol. The minimum atomic E-state index is -0.155. The number of hydrogen-bond acceptors (Lipinski definition) is 6. The van der Waals surface area contributed by atoms with E-state index in [9.17, 15) is 10.1 Å². The van der Waals surface area contributed by atoms with Gasteiger partial charge in [0.05, 0.1) is 11.4 Å². The lowest BCUT2D eigenvalue weighted by molar-refractivity contribution is 0.101. The van der Waals surface area contributed by atoms with Gasteiger partial charge in [0.15, 0.2) is 16.6 Å². The van der Waals surface area contributed by atoms with Crippen molar-refractivity contribution in [2.45, 2.75) is 6.92 Å². The zero-order chi connectivity index (χ0) is 24.2. The number of nitriles is 1. The van der Waals surface area contributed by atoms with Gasteiger partial charge < -0.3 is 0 Å². The number of aromatic nitrogens is 3. The normalized spacial score (nSPS) is 11.3. The van der Waals surface area contributed by atoms with E-state index in [0.717, 1.165) is 22.4 Å². The Hall–Kier alpha value is -4.67. The summed E-state index contributed by atoms with van der Waals surface area (Å²) in [5.41, 5.74) is 4.36. The summed E-state index contributed by atoms with van der Waals surface area (Å²) in [6.45, 7) is 1.47. The lowest BCUT2D eigenvalue weighted by Crippen LogP contribution is -2.14. The number of ketones is 1. The van der Waals surface area contributed by atoms with Gasteiger partial charge >= 0.3 is 0 Å². The first kappa shape index (κ1) is 22.1. The molecule has 2 aromatic heterocycles. The molecule has 0 fully saturated rings. The van der Waals surface area contributed by atoms with E-state index >= 15 is 0 Å². The van der Waals surface area contributed by atoms with Crippen LogP contribution in [0.4, 0.5) is 5.82 Å². The number of carbonyl (C=O) groups excluding carboxylic acids is 1. The van der Waals surface area contributed by atoms with Gasteiger partial charge in [-0.3, -0.25) is 4.79 Å². The first-order valence-corrected chi connectivity index (χ1v) is 11.7. The predicted octanol–water partition coefficient (Wildman–Crippen LogP) is 5.97. The molecule has 0 N–H and O–H groups in total. The van der Waals surface area contributed by atoms with Crippen molar-refractivity contribution >= 4 is 22.9 Å². The molecule has 2 heterocycles. The Morgan fingerprint density at radius 2 is 1.51 bits per heavy atom. The molecule has 7 heteroatoms. The number of rotatable bonds is 5. The summed E-state index contributed by atoms with van der Waals surface area (Å²) in [5, 5.41) is 15.0. The van der Waals surface area contributed by atoms with Crippen LogP contribution >= 0.6 is 11.3 Å². The van der Waals surface area contributed by atoms with Crippen LogP contribution in [-0.4, -0.2) is 20.5 Å². The maximum atomic E-state index is 12.1. The molecule has 35 heavy (non-hydrogen) atoms. The van der Waals surface area contributed by atoms with Gasteiger partial charge in [0.1, 0.15) is 11.6 Å². The molecule has 0 bridgehead atoms. The van der Waals surface area contributed by atoms with Crippen LogP contribution in [0.1, 0.15) is 22.3 Å². The molecule has 5 aromatic rings. The van der Waals surface area contributed by atoms with Crippen LogP contribution in [0.2, 0.25) is 0 Å². The largest absolute Gasteiger partial charge is 0.292 e. The third-order valence-electron chi connectivity index (χ3n) is 5.33. The van der Waals surface area contributed by atoms with Crippen LogP contribution < -0.4 is 4.80 Å². The molecule has 0 aliphatic rings. The molecule has 3 aromatic carbocycles. The van der Waals surface area contributed by atoms with Crippen LogP contribution in [0.15, 0.2) is 102 Å². The lowest BCUT2D eigenvalue weighted by atomic mass is 9.98. The molecule has 0 radical (unpaired) electrons. The highest BCUT2D eigenvalue weighted by atomic mass is 32.1. The minimum absolute atomic E-state index is 0.155. The number of para-hydroxylation sites is 1. The summed E-state index contributed by atoms with van der Waals surface area (Å²) in [6.07, 6.45) is 0. The molecular formula is C28H19N5OS. The van der Waals surface area contributed by atoms with Gasteiger partial charge in [-0.05, 0) is 23.8 Å². The molecule has 0 amide bonds. The summed E-state index contributed by atoms with van der Waals surface area (Å²) >= 11 is 1.17. The van der Waals surface area contributed by atoms with Crippen LogP contribution in [0.5, 0.6) is 0 Å². The number of pyridine rings is 1. The van der Waals surface area contributed by atoms with Crippen molar-refractivity contribution in [1.29, 1.82) is 5.26 Å². The average molecular weight is 474 g/mol. The van der Waals surface area contributed by atoms with Crippen LogP contribution in [-0.2, 0) is 0 Å². The number of hydrogen-bond donors (Lipinski definition) is 0. The summed E-state index contributed by atoms with van der Waals surface area (Å²) in [5.74, 6) is 0.119. The maximum absolute atomic E-state index is 12.1. The topological polar surface area (TPSA) is 83.9 Å². The second-order valence-corrected chi connectivity index (χ2v) is 8.66. The SMILES string of the molecule is CC(=O)c1nn(-c2ccccc2)/c(=N/c2nc(-c3ccccc3)cc(-c3ccccc3)c2C#N)s1. The van der Waals surface area contributed by atoms with Gasteiger partial charge in [0.25, 0.3) is 0 Å². The second-order valence-electron chi connectivity index (χ2n) is 7.70. The van der Waals surface area contributed by atoms with E-state index in [-0.39, 0.29) is 11.6 Å². The van der Waals surface area contributed by atoms with Crippen molar-refractivity contribution in [2.75, 3.05) is 0 Å². The van der Waals surface area contributed by atoms with Crippen molar-refractivity contribution < 1.29 is 4.79 Å². The number of Topliss-reactive ketones (excluding diaryl/α,β-unsaturated/α-hetero) is 1. The molecule has 168 valence electrons. The third-order valence-corrected chi connectivity index (χ3v) is 6.34. The monoisotopic (exact) mass is 473 g/mol. The zero-order valence-corrected chi connectivity index (χ0v) is 19.6. The van der Waals surface area contributed by atoms with Gasteiger partial charge in [0.2, 0.25) is 4.80 Å². The molecule has 0 spiro atoms. The van der Waals surface area contributed by atoms with Crippen molar-refractivity contribution in [2.24, 2.45) is 4.99 Å². The Labute approximate surface area is 206 Å². The van der Waals surface area contributed by atoms with Gasteiger partial charge in [0, 0.05) is 18.1 Å². The van der Waals surface area contributed by atoms with Gasteiger partial charge in [-0.1, -0.05) is 90.2 Å². The maximum Gasteiger partial charge on any atom is 0.215 e. The van der Waals surface area contributed by atoms with Gasteiger partial charge in [-0.2, -0.15) is 15.4 Å². The van der Waals surface area contributed by atoms with E-state index in [1.807, 2.05) is 97.1 Å². The third kappa shape index (κ3) is 4.56. The van der Waals surface area contributed by atoms with Crippen molar-refractivity contribution in [3.8, 4) is 34.1 Å². The van der Waals surface area contributed by atoms with Gasteiger partial charge in [-0.25, -0.2) is 9.67 Å². The quantitative estimate of drug-likeness (QED) is 0.294. The summed E-state index contributed by atoms with van der Waals surface area (Å²) in [7, 11) is 0. The van der Waals surface area contributed by atoms with Crippen molar-refractivity contribution in [1.82, 2.24) is 14.8 Å².